The van der Waals surface area contributed by atoms with Crippen LogP contribution in [0.2, 0.25) is 0 Å². The number of hydrogen-bond donors (Lipinski definition) is 1. The molecule has 1 aromatic carbocycles. The predicted octanol–water partition coefficient (Wildman–Crippen LogP) is 4.32. The summed E-state index contributed by atoms with van der Waals surface area (Å²) in [6.45, 7) is 4.11. The molecule has 136 valence electrons. The van der Waals surface area contributed by atoms with Crippen molar-refractivity contribution in [1.29, 1.82) is 0 Å². The molecule has 7 heteroatoms. The molecule has 3 aromatic rings. The maximum absolute atomic E-state index is 12.5. The number of thiophene rings is 1. The highest BCUT2D eigenvalue weighted by Crippen LogP contribution is 2.27. The van der Waals surface area contributed by atoms with Crippen molar-refractivity contribution >= 4 is 17.2 Å². The van der Waals surface area contributed by atoms with Crippen LogP contribution in [0.15, 0.2) is 46.3 Å². The number of benzene rings is 1. The second-order valence-corrected chi connectivity index (χ2v) is 6.95. The predicted molar refractivity (Wildman–Crippen MR) is 100 cm³/mol. The number of carbonyl (C=O) groups is 1. The zero-order chi connectivity index (χ0) is 18.5. The van der Waals surface area contributed by atoms with E-state index in [1.165, 1.54) is 11.3 Å². The third-order valence-corrected chi connectivity index (χ3v) is 5.15. The molecule has 0 saturated carbocycles. The molecule has 0 bridgehead atoms. The lowest BCUT2D eigenvalue weighted by atomic mass is 9.99. The van der Waals surface area contributed by atoms with Gasteiger partial charge < -0.3 is 14.6 Å². The molecular formula is C19H21N3O3S. The SMILES string of the molecule is CC[C@H](C)[C@H](NC(=O)c1cccs1)c1nc(-c2cccc(OC)c2)no1. The Morgan fingerprint density at radius 2 is 2.19 bits per heavy atom. The molecule has 0 fully saturated rings. The fraction of sp³-hybridized carbons (Fsp3) is 0.316. The standard InChI is InChI=1S/C19H21N3O3S/c1-4-12(2)16(20-18(23)15-9-6-10-26-15)19-21-17(22-25-19)13-7-5-8-14(11-13)24-3/h5-12,16H,4H2,1-3H3,(H,20,23)/t12-,16-/m0/s1. The molecule has 0 aliphatic heterocycles. The van der Waals surface area contributed by atoms with Gasteiger partial charge in [-0.2, -0.15) is 4.98 Å². The summed E-state index contributed by atoms with van der Waals surface area (Å²) < 4.78 is 10.7. The minimum atomic E-state index is -0.346. The minimum Gasteiger partial charge on any atom is -0.497 e. The molecule has 0 aliphatic carbocycles. The second kappa shape index (κ2) is 8.14. The lowest BCUT2D eigenvalue weighted by Crippen LogP contribution is -2.32. The highest BCUT2D eigenvalue weighted by atomic mass is 32.1. The van der Waals surface area contributed by atoms with E-state index in [0.29, 0.717) is 16.6 Å². The molecular weight excluding hydrogens is 350 g/mol. The Bertz CT molecular complexity index is 861. The van der Waals surface area contributed by atoms with Gasteiger partial charge in [0.05, 0.1) is 12.0 Å². The molecule has 0 spiro atoms. The lowest BCUT2D eigenvalue weighted by Gasteiger charge is -2.20. The number of carbonyl (C=O) groups excluding carboxylic acids is 1. The van der Waals surface area contributed by atoms with Crippen molar-refractivity contribution in [1.82, 2.24) is 15.5 Å². The van der Waals surface area contributed by atoms with Gasteiger partial charge in [-0.25, -0.2) is 0 Å². The van der Waals surface area contributed by atoms with Crippen molar-refractivity contribution < 1.29 is 14.1 Å². The highest BCUT2D eigenvalue weighted by Gasteiger charge is 2.27. The minimum absolute atomic E-state index is 0.133. The van der Waals surface area contributed by atoms with Gasteiger partial charge in [-0.3, -0.25) is 4.79 Å². The topological polar surface area (TPSA) is 77.2 Å². The van der Waals surface area contributed by atoms with Crippen molar-refractivity contribution in [2.75, 3.05) is 7.11 Å². The smallest absolute Gasteiger partial charge is 0.262 e. The number of rotatable bonds is 7. The van der Waals surface area contributed by atoms with Crippen LogP contribution >= 0.6 is 11.3 Å². The zero-order valence-electron chi connectivity index (χ0n) is 14.9. The van der Waals surface area contributed by atoms with E-state index in [4.69, 9.17) is 9.26 Å². The fourth-order valence-corrected chi connectivity index (χ4v) is 3.17. The van der Waals surface area contributed by atoms with Gasteiger partial charge in [-0.1, -0.05) is 43.6 Å². The molecule has 3 rings (SSSR count). The van der Waals surface area contributed by atoms with Gasteiger partial charge in [0, 0.05) is 5.56 Å². The van der Waals surface area contributed by atoms with Crippen LogP contribution in [-0.4, -0.2) is 23.2 Å². The number of nitrogens with zero attached hydrogens (tertiary/aromatic N) is 2. The first-order valence-electron chi connectivity index (χ1n) is 8.44. The number of hydrogen-bond acceptors (Lipinski definition) is 6. The molecule has 2 aromatic heterocycles. The number of methoxy groups -OCH3 is 1. The highest BCUT2D eigenvalue weighted by molar-refractivity contribution is 7.12. The molecule has 1 amide bonds. The van der Waals surface area contributed by atoms with E-state index in [9.17, 15) is 4.79 Å². The van der Waals surface area contributed by atoms with Gasteiger partial charge in [0.15, 0.2) is 0 Å². The third kappa shape index (κ3) is 3.94. The number of aromatic nitrogens is 2. The summed E-state index contributed by atoms with van der Waals surface area (Å²) in [5.74, 6) is 1.61. The maximum atomic E-state index is 12.5. The molecule has 0 unspecified atom stereocenters. The van der Waals surface area contributed by atoms with Gasteiger partial charge in [0.25, 0.3) is 5.91 Å². The first kappa shape index (κ1) is 18.1. The van der Waals surface area contributed by atoms with Crippen molar-refractivity contribution in [2.24, 2.45) is 5.92 Å². The first-order chi connectivity index (χ1) is 12.6. The van der Waals surface area contributed by atoms with Crippen molar-refractivity contribution in [3.05, 3.63) is 52.5 Å². The zero-order valence-corrected chi connectivity index (χ0v) is 15.7. The number of ether oxygens (including phenoxy) is 1. The van der Waals surface area contributed by atoms with Gasteiger partial charge >= 0.3 is 0 Å². The van der Waals surface area contributed by atoms with Crippen LogP contribution < -0.4 is 10.1 Å². The Morgan fingerprint density at radius 3 is 2.88 bits per heavy atom. The van der Waals surface area contributed by atoms with Crippen molar-refractivity contribution in [3.63, 3.8) is 0 Å². The van der Waals surface area contributed by atoms with Gasteiger partial charge in [-0.05, 0) is 29.5 Å². The van der Waals surface area contributed by atoms with Gasteiger partial charge in [-0.15, -0.1) is 11.3 Å². The molecule has 0 saturated heterocycles. The van der Waals surface area contributed by atoms with Crippen LogP contribution in [-0.2, 0) is 0 Å². The monoisotopic (exact) mass is 371 g/mol. The van der Waals surface area contributed by atoms with E-state index in [-0.39, 0.29) is 17.9 Å². The Morgan fingerprint density at radius 1 is 1.35 bits per heavy atom. The third-order valence-electron chi connectivity index (χ3n) is 4.28. The quantitative estimate of drug-likeness (QED) is 0.669. The molecule has 2 atom stereocenters. The maximum Gasteiger partial charge on any atom is 0.262 e. The summed E-state index contributed by atoms with van der Waals surface area (Å²) >= 11 is 1.40. The van der Waals surface area contributed by atoms with Crippen LogP contribution in [0.4, 0.5) is 0 Å². The molecule has 26 heavy (non-hydrogen) atoms. The largest absolute Gasteiger partial charge is 0.497 e. The van der Waals surface area contributed by atoms with Crippen molar-refractivity contribution in [3.8, 4) is 17.1 Å². The average Bonchev–Trinajstić information content (AvgIpc) is 3.37. The molecule has 2 heterocycles. The summed E-state index contributed by atoms with van der Waals surface area (Å²) in [7, 11) is 1.61. The summed E-state index contributed by atoms with van der Waals surface area (Å²) in [4.78, 5) is 17.6. The van der Waals surface area contributed by atoms with E-state index in [2.05, 4.69) is 29.3 Å². The Hall–Kier alpha value is -2.67. The fourth-order valence-electron chi connectivity index (χ4n) is 2.54. The Labute approximate surface area is 156 Å². The second-order valence-electron chi connectivity index (χ2n) is 6.00. The van der Waals surface area contributed by atoms with Crippen LogP contribution in [0.25, 0.3) is 11.4 Å². The number of nitrogens with one attached hydrogen (secondary N) is 1. The van der Waals surface area contributed by atoms with Gasteiger partial charge in [0.1, 0.15) is 11.8 Å². The van der Waals surface area contributed by atoms with Crippen molar-refractivity contribution in [2.45, 2.75) is 26.3 Å². The van der Waals surface area contributed by atoms with Crippen LogP contribution in [0, 0.1) is 5.92 Å². The molecule has 1 N–H and O–H groups in total. The normalized spacial score (nSPS) is 13.2. The summed E-state index contributed by atoms with van der Waals surface area (Å²) in [5.41, 5.74) is 0.798. The summed E-state index contributed by atoms with van der Waals surface area (Å²) in [6.07, 6.45) is 0.867. The summed E-state index contributed by atoms with van der Waals surface area (Å²) in [6, 6.07) is 10.8. The van der Waals surface area contributed by atoms with E-state index in [1.807, 2.05) is 35.7 Å². The Kier molecular flexibility index (Phi) is 5.68. The molecule has 0 aliphatic rings. The van der Waals surface area contributed by atoms with E-state index >= 15 is 0 Å². The average molecular weight is 371 g/mol. The van der Waals surface area contributed by atoms with Crippen LogP contribution in [0.1, 0.15) is 41.9 Å². The molecule has 6 nitrogen and oxygen atoms in total. The van der Waals surface area contributed by atoms with E-state index in [1.54, 1.807) is 13.2 Å². The van der Waals surface area contributed by atoms with Crippen LogP contribution in [0.3, 0.4) is 0 Å². The van der Waals surface area contributed by atoms with E-state index in [0.717, 1.165) is 17.7 Å². The lowest BCUT2D eigenvalue weighted by molar-refractivity contribution is 0.0914. The summed E-state index contributed by atoms with van der Waals surface area (Å²) in [5, 5.41) is 8.98. The first-order valence-corrected chi connectivity index (χ1v) is 9.32. The van der Waals surface area contributed by atoms with E-state index < -0.39 is 0 Å². The van der Waals surface area contributed by atoms with Crippen LogP contribution in [0.5, 0.6) is 5.75 Å². The number of amides is 1. The Balaban J connectivity index is 1.85. The van der Waals surface area contributed by atoms with Gasteiger partial charge in [0.2, 0.25) is 11.7 Å². The molecule has 0 radical (unpaired) electrons.